The number of nitrogens with one attached hydrogen (secondary N) is 2. The van der Waals surface area contributed by atoms with E-state index < -0.39 is 0 Å². The molecule has 0 saturated heterocycles. The third-order valence-corrected chi connectivity index (χ3v) is 5.20. The van der Waals surface area contributed by atoms with Crippen LogP contribution >= 0.6 is 0 Å². The summed E-state index contributed by atoms with van der Waals surface area (Å²) in [5.74, 6) is 0.940. The van der Waals surface area contributed by atoms with Gasteiger partial charge in [-0.2, -0.15) is 0 Å². The van der Waals surface area contributed by atoms with Gasteiger partial charge in [0, 0.05) is 37.8 Å². The molecule has 1 rings (SSSR count). The van der Waals surface area contributed by atoms with Crippen LogP contribution in [0.4, 0.5) is 0 Å². The van der Waals surface area contributed by atoms with Crippen LogP contribution in [-0.4, -0.2) is 61.2 Å². The van der Waals surface area contributed by atoms with Gasteiger partial charge in [0.2, 0.25) is 0 Å². The van der Waals surface area contributed by atoms with Crippen molar-refractivity contribution < 1.29 is 9.53 Å². The molecule has 0 heterocycles. The summed E-state index contributed by atoms with van der Waals surface area (Å²) < 4.78 is 5.16. The summed E-state index contributed by atoms with van der Waals surface area (Å²) in [6.07, 6.45) is 4.83. The Morgan fingerprint density at radius 1 is 1.11 bits per heavy atom. The van der Waals surface area contributed by atoms with Gasteiger partial charge in [-0.05, 0) is 73.6 Å². The first kappa shape index (κ1) is 23.7. The number of nitrogens with zero attached hydrogens (tertiary/aromatic N) is 2. The fourth-order valence-corrected chi connectivity index (χ4v) is 3.80. The molecule has 0 spiro atoms. The topological polar surface area (TPSA) is 66.0 Å². The minimum absolute atomic E-state index is 0.0311. The van der Waals surface area contributed by atoms with Crippen molar-refractivity contribution in [2.75, 3.05) is 26.2 Å². The first-order valence-electron chi connectivity index (χ1n) is 10.9. The molecule has 0 aliphatic heterocycles. The molecule has 1 fully saturated rings. The Kier molecular flexibility index (Phi) is 11.4. The summed E-state index contributed by atoms with van der Waals surface area (Å²) in [5.41, 5.74) is 0. The van der Waals surface area contributed by atoms with Crippen molar-refractivity contribution in [3.8, 4) is 0 Å². The zero-order valence-electron chi connectivity index (χ0n) is 18.4. The molecule has 0 radical (unpaired) electrons. The number of carbonyl (C=O) groups is 1. The van der Waals surface area contributed by atoms with Crippen molar-refractivity contribution in [1.29, 1.82) is 0 Å². The minimum Gasteiger partial charge on any atom is -0.466 e. The Balaban J connectivity index is 2.43. The van der Waals surface area contributed by atoms with Crippen molar-refractivity contribution in [3.05, 3.63) is 0 Å². The Morgan fingerprint density at radius 2 is 1.74 bits per heavy atom. The van der Waals surface area contributed by atoms with Crippen LogP contribution in [0.2, 0.25) is 0 Å². The Bertz CT molecular complexity index is 435. The SMILES string of the molecule is CCNC(=NCCCN(C(C)C)C(C)C)NC1CCC(C(=O)OCC)CC1. The Hall–Kier alpha value is -1.30. The summed E-state index contributed by atoms with van der Waals surface area (Å²) in [6.45, 7) is 16.2. The van der Waals surface area contributed by atoms with E-state index in [2.05, 4.69) is 50.2 Å². The summed E-state index contributed by atoms with van der Waals surface area (Å²) in [6, 6.07) is 1.51. The molecule has 27 heavy (non-hydrogen) atoms. The first-order chi connectivity index (χ1) is 12.9. The number of aliphatic imine (C=N–C) groups is 1. The summed E-state index contributed by atoms with van der Waals surface area (Å²) >= 11 is 0. The van der Waals surface area contributed by atoms with Gasteiger partial charge in [-0.3, -0.25) is 14.7 Å². The van der Waals surface area contributed by atoms with E-state index in [4.69, 9.17) is 9.73 Å². The van der Waals surface area contributed by atoms with E-state index in [1.165, 1.54) is 0 Å². The summed E-state index contributed by atoms with van der Waals surface area (Å²) in [5, 5.41) is 6.91. The predicted molar refractivity (Wildman–Crippen MR) is 113 cm³/mol. The minimum atomic E-state index is -0.0311. The van der Waals surface area contributed by atoms with E-state index >= 15 is 0 Å². The number of carbonyl (C=O) groups excluding carboxylic acids is 1. The van der Waals surface area contributed by atoms with E-state index in [0.29, 0.717) is 24.7 Å². The van der Waals surface area contributed by atoms with Gasteiger partial charge in [0.1, 0.15) is 0 Å². The summed E-state index contributed by atoms with van der Waals surface area (Å²) in [7, 11) is 0. The van der Waals surface area contributed by atoms with Crippen LogP contribution in [0.3, 0.4) is 0 Å². The van der Waals surface area contributed by atoms with E-state index in [-0.39, 0.29) is 11.9 Å². The zero-order valence-corrected chi connectivity index (χ0v) is 18.4. The van der Waals surface area contributed by atoms with Gasteiger partial charge in [0.25, 0.3) is 0 Å². The second-order valence-electron chi connectivity index (χ2n) is 7.98. The molecule has 0 aromatic heterocycles. The van der Waals surface area contributed by atoms with Gasteiger partial charge >= 0.3 is 5.97 Å². The third-order valence-electron chi connectivity index (χ3n) is 5.20. The maximum absolute atomic E-state index is 11.9. The van der Waals surface area contributed by atoms with Crippen LogP contribution in [0.1, 0.15) is 73.6 Å². The number of hydrogen-bond donors (Lipinski definition) is 2. The molecule has 0 aromatic rings. The third kappa shape index (κ3) is 8.96. The van der Waals surface area contributed by atoms with Crippen molar-refractivity contribution >= 4 is 11.9 Å². The van der Waals surface area contributed by atoms with Gasteiger partial charge in [-0.15, -0.1) is 0 Å². The van der Waals surface area contributed by atoms with E-state index in [0.717, 1.165) is 57.7 Å². The highest BCUT2D eigenvalue weighted by atomic mass is 16.5. The maximum Gasteiger partial charge on any atom is 0.308 e. The first-order valence-corrected chi connectivity index (χ1v) is 10.9. The molecule has 1 aliphatic rings. The number of rotatable bonds is 10. The normalized spacial score (nSPS) is 21.0. The van der Waals surface area contributed by atoms with Gasteiger partial charge in [-0.1, -0.05) is 0 Å². The predicted octanol–water partition coefficient (Wildman–Crippen LogP) is 3.17. The highest BCUT2D eigenvalue weighted by Gasteiger charge is 2.27. The molecule has 0 amide bonds. The molecule has 6 heteroatoms. The fourth-order valence-electron chi connectivity index (χ4n) is 3.80. The van der Waals surface area contributed by atoms with Gasteiger partial charge < -0.3 is 15.4 Å². The largest absolute Gasteiger partial charge is 0.466 e. The van der Waals surface area contributed by atoms with Crippen molar-refractivity contribution in [2.24, 2.45) is 10.9 Å². The lowest BCUT2D eigenvalue weighted by atomic mass is 9.86. The molecular formula is C21H42N4O2. The van der Waals surface area contributed by atoms with E-state index in [1.807, 2.05) is 6.92 Å². The highest BCUT2D eigenvalue weighted by molar-refractivity contribution is 5.80. The van der Waals surface area contributed by atoms with Crippen LogP contribution in [0, 0.1) is 5.92 Å². The smallest absolute Gasteiger partial charge is 0.308 e. The molecule has 2 N–H and O–H groups in total. The average Bonchev–Trinajstić information content (AvgIpc) is 2.61. The molecule has 158 valence electrons. The van der Waals surface area contributed by atoms with E-state index in [1.54, 1.807) is 0 Å². The van der Waals surface area contributed by atoms with Crippen LogP contribution in [-0.2, 0) is 9.53 Å². The Morgan fingerprint density at radius 3 is 2.26 bits per heavy atom. The highest BCUT2D eigenvalue weighted by Crippen LogP contribution is 2.25. The number of guanidine groups is 1. The zero-order chi connectivity index (χ0) is 20.2. The quantitative estimate of drug-likeness (QED) is 0.263. The molecule has 1 saturated carbocycles. The van der Waals surface area contributed by atoms with Gasteiger partial charge in [0.05, 0.1) is 12.5 Å². The fraction of sp³-hybridized carbons (Fsp3) is 0.905. The molecule has 0 unspecified atom stereocenters. The molecule has 0 atom stereocenters. The second-order valence-corrected chi connectivity index (χ2v) is 7.98. The van der Waals surface area contributed by atoms with Crippen LogP contribution in [0.25, 0.3) is 0 Å². The van der Waals surface area contributed by atoms with Crippen LogP contribution in [0.5, 0.6) is 0 Å². The average molecular weight is 383 g/mol. The van der Waals surface area contributed by atoms with Crippen molar-refractivity contribution in [1.82, 2.24) is 15.5 Å². The molecular weight excluding hydrogens is 340 g/mol. The van der Waals surface area contributed by atoms with E-state index in [9.17, 15) is 4.79 Å². The maximum atomic E-state index is 11.9. The lowest BCUT2D eigenvalue weighted by Gasteiger charge is -2.30. The number of ether oxygens (including phenoxy) is 1. The summed E-state index contributed by atoms with van der Waals surface area (Å²) in [4.78, 5) is 19.1. The Labute approximate surface area is 166 Å². The number of esters is 1. The molecule has 6 nitrogen and oxygen atoms in total. The van der Waals surface area contributed by atoms with Crippen LogP contribution in [0.15, 0.2) is 4.99 Å². The standard InChI is InChI=1S/C21H42N4O2/c1-7-22-21(23-14-9-15-25(16(3)4)17(5)6)24-19-12-10-18(11-13-19)20(26)27-8-2/h16-19H,7-15H2,1-6H3,(H2,22,23,24). The van der Waals surface area contributed by atoms with Crippen LogP contribution < -0.4 is 10.6 Å². The van der Waals surface area contributed by atoms with Gasteiger partial charge in [0.15, 0.2) is 5.96 Å². The second kappa shape index (κ2) is 13.0. The van der Waals surface area contributed by atoms with Crippen molar-refractivity contribution in [3.63, 3.8) is 0 Å². The van der Waals surface area contributed by atoms with Crippen molar-refractivity contribution in [2.45, 2.75) is 91.8 Å². The molecule has 1 aliphatic carbocycles. The van der Waals surface area contributed by atoms with Gasteiger partial charge in [-0.25, -0.2) is 0 Å². The number of hydrogen-bond acceptors (Lipinski definition) is 4. The lowest BCUT2D eigenvalue weighted by Crippen LogP contribution is -2.45. The monoisotopic (exact) mass is 382 g/mol. The molecule has 0 bridgehead atoms. The lowest BCUT2D eigenvalue weighted by molar-refractivity contribution is -0.149. The molecule has 0 aromatic carbocycles.